The van der Waals surface area contributed by atoms with Crippen LogP contribution in [0, 0.1) is 0 Å². The maximum absolute atomic E-state index is 12.5. The monoisotopic (exact) mass is 356 g/mol. The molecule has 0 radical (unpaired) electrons. The van der Waals surface area contributed by atoms with Crippen LogP contribution < -0.4 is 19.5 Å². The maximum Gasteiger partial charge on any atom is 0.237 e. The summed E-state index contributed by atoms with van der Waals surface area (Å²) < 4.78 is 16.1. The highest BCUT2D eigenvalue weighted by atomic mass is 16.7. The summed E-state index contributed by atoms with van der Waals surface area (Å²) in [7, 11) is 3.56. The number of para-hydroxylation sites is 1. The van der Waals surface area contributed by atoms with Crippen molar-refractivity contribution in [3.63, 3.8) is 0 Å². The Hall–Kier alpha value is -2.73. The van der Waals surface area contributed by atoms with Gasteiger partial charge in [0.25, 0.3) is 0 Å². The molecule has 26 heavy (non-hydrogen) atoms. The highest BCUT2D eigenvalue weighted by Gasteiger charge is 2.20. The number of fused-ring (bicyclic) bond motifs is 1. The van der Waals surface area contributed by atoms with E-state index in [1.165, 1.54) is 0 Å². The van der Waals surface area contributed by atoms with Crippen molar-refractivity contribution in [3.8, 4) is 17.2 Å². The summed E-state index contributed by atoms with van der Waals surface area (Å²) in [5.74, 6) is 2.26. The minimum absolute atomic E-state index is 0.0286. The lowest BCUT2D eigenvalue weighted by atomic mass is 10.1. The van der Waals surface area contributed by atoms with Gasteiger partial charge in [0, 0.05) is 18.7 Å². The van der Waals surface area contributed by atoms with Crippen LogP contribution in [0.2, 0.25) is 0 Å². The van der Waals surface area contributed by atoms with Crippen molar-refractivity contribution < 1.29 is 19.0 Å². The van der Waals surface area contributed by atoms with Crippen LogP contribution in [0.1, 0.15) is 18.1 Å². The number of carbonyl (C=O) groups is 1. The van der Waals surface area contributed by atoms with Crippen LogP contribution in [0.5, 0.6) is 17.2 Å². The van der Waals surface area contributed by atoms with Crippen LogP contribution >= 0.6 is 0 Å². The Morgan fingerprint density at radius 1 is 1.23 bits per heavy atom. The van der Waals surface area contributed by atoms with Gasteiger partial charge < -0.3 is 19.5 Å². The molecule has 0 saturated heterocycles. The van der Waals surface area contributed by atoms with Crippen LogP contribution in [-0.2, 0) is 17.9 Å². The summed E-state index contributed by atoms with van der Waals surface area (Å²) >= 11 is 0. The minimum atomic E-state index is -0.268. The van der Waals surface area contributed by atoms with E-state index in [1.807, 2.05) is 61.3 Å². The number of carbonyl (C=O) groups excluding carboxylic acids is 1. The lowest BCUT2D eigenvalue weighted by Gasteiger charge is -2.24. The maximum atomic E-state index is 12.5. The normalized spacial score (nSPS) is 13.5. The molecule has 0 bridgehead atoms. The lowest BCUT2D eigenvalue weighted by molar-refractivity contribution is -0.125. The molecular formula is C20H24N2O4. The van der Waals surface area contributed by atoms with Gasteiger partial charge in [-0.25, -0.2) is 0 Å². The van der Waals surface area contributed by atoms with Crippen LogP contribution in [0.15, 0.2) is 42.5 Å². The van der Waals surface area contributed by atoms with E-state index in [1.54, 1.807) is 7.11 Å². The Kier molecular flexibility index (Phi) is 5.63. The second-order valence-electron chi connectivity index (χ2n) is 6.31. The van der Waals surface area contributed by atoms with Crippen LogP contribution in [0.3, 0.4) is 0 Å². The number of rotatable bonds is 7. The summed E-state index contributed by atoms with van der Waals surface area (Å²) in [6.07, 6.45) is 0. The smallest absolute Gasteiger partial charge is 0.237 e. The molecule has 0 aromatic heterocycles. The van der Waals surface area contributed by atoms with Crippen molar-refractivity contribution in [3.05, 3.63) is 53.6 Å². The zero-order valence-corrected chi connectivity index (χ0v) is 15.3. The van der Waals surface area contributed by atoms with E-state index in [0.717, 1.165) is 28.4 Å². The van der Waals surface area contributed by atoms with E-state index >= 15 is 0 Å². The van der Waals surface area contributed by atoms with Gasteiger partial charge in [-0.15, -0.1) is 0 Å². The average Bonchev–Trinajstić information content (AvgIpc) is 3.13. The van der Waals surface area contributed by atoms with Crippen molar-refractivity contribution in [2.45, 2.75) is 26.1 Å². The van der Waals surface area contributed by atoms with Gasteiger partial charge in [-0.1, -0.05) is 24.3 Å². The molecule has 1 N–H and O–H groups in total. The number of amides is 1. The summed E-state index contributed by atoms with van der Waals surface area (Å²) in [6.45, 7) is 3.23. The largest absolute Gasteiger partial charge is 0.496 e. The Bertz CT molecular complexity index is 778. The van der Waals surface area contributed by atoms with Gasteiger partial charge in [-0.2, -0.15) is 0 Å². The third kappa shape index (κ3) is 4.08. The summed E-state index contributed by atoms with van der Waals surface area (Å²) in [6, 6.07) is 13.2. The molecule has 0 saturated carbocycles. The Labute approximate surface area is 153 Å². The topological polar surface area (TPSA) is 60.0 Å². The van der Waals surface area contributed by atoms with Crippen molar-refractivity contribution in [1.82, 2.24) is 10.2 Å². The summed E-state index contributed by atoms with van der Waals surface area (Å²) in [5, 5.41) is 2.98. The first kappa shape index (κ1) is 18.1. The zero-order chi connectivity index (χ0) is 18.5. The van der Waals surface area contributed by atoms with E-state index in [9.17, 15) is 4.79 Å². The van der Waals surface area contributed by atoms with Crippen LogP contribution in [0.25, 0.3) is 0 Å². The van der Waals surface area contributed by atoms with Crippen molar-refractivity contribution in [2.24, 2.45) is 0 Å². The molecule has 6 nitrogen and oxygen atoms in total. The number of benzene rings is 2. The molecule has 6 heteroatoms. The number of ether oxygens (including phenoxy) is 3. The Balaban J connectivity index is 1.55. The number of likely N-dealkylation sites (N-methyl/N-ethyl adjacent to an activating group) is 1. The predicted octanol–water partition coefficient (Wildman–Crippen LogP) is 2.56. The van der Waals surface area contributed by atoms with Crippen LogP contribution in [0.4, 0.5) is 0 Å². The van der Waals surface area contributed by atoms with Gasteiger partial charge in [0.05, 0.1) is 13.2 Å². The Morgan fingerprint density at radius 3 is 2.81 bits per heavy atom. The standard InChI is InChI=1S/C20H24N2O4/c1-14(20(23)21-11-16-6-4-5-7-17(16)24-3)22(2)12-15-8-9-18-19(10-15)26-13-25-18/h4-10,14H,11-13H2,1-3H3,(H,21,23)/t14-/m1/s1. The molecule has 1 aliphatic heterocycles. The molecule has 3 rings (SSSR count). The third-order valence-electron chi connectivity index (χ3n) is 4.56. The third-order valence-corrected chi connectivity index (χ3v) is 4.56. The van der Waals surface area contributed by atoms with E-state index in [0.29, 0.717) is 13.1 Å². The fraction of sp³-hybridized carbons (Fsp3) is 0.350. The first-order chi connectivity index (χ1) is 12.6. The molecule has 2 aromatic rings. The highest BCUT2D eigenvalue weighted by molar-refractivity contribution is 5.81. The molecule has 0 spiro atoms. The number of methoxy groups -OCH3 is 1. The summed E-state index contributed by atoms with van der Waals surface area (Å²) in [4.78, 5) is 14.5. The molecular weight excluding hydrogens is 332 g/mol. The van der Waals surface area contributed by atoms with E-state index in [-0.39, 0.29) is 18.7 Å². The zero-order valence-electron chi connectivity index (χ0n) is 15.3. The van der Waals surface area contributed by atoms with Gasteiger partial charge >= 0.3 is 0 Å². The van der Waals surface area contributed by atoms with Gasteiger partial charge in [-0.3, -0.25) is 9.69 Å². The Morgan fingerprint density at radius 2 is 2.00 bits per heavy atom. The SMILES string of the molecule is COc1ccccc1CNC(=O)[C@@H](C)N(C)Cc1ccc2c(c1)OCO2. The molecule has 1 aliphatic rings. The minimum Gasteiger partial charge on any atom is -0.496 e. The molecule has 0 aliphatic carbocycles. The molecule has 1 amide bonds. The fourth-order valence-corrected chi connectivity index (χ4v) is 2.84. The second kappa shape index (κ2) is 8.10. The molecule has 0 unspecified atom stereocenters. The van der Waals surface area contributed by atoms with E-state index in [4.69, 9.17) is 14.2 Å². The second-order valence-corrected chi connectivity index (χ2v) is 6.31. The molecule has 0 fully saturated rings. The first-order valence-electron chi connectivity index (χ1n) is 8.57. The van der Waals surface area contributed by atoms with Crippen molar-refractivity contribution in [1.29, 1.82) is 0 Å². The predicted molar refractivity (Wildman–Crippen MR) is 98.3 cm³/mol. The molecule has 2 aromatic carbocycles. The van der Waals surface area contributed by atoms with Gasteiger partial charge in [-0.05, 0) is 37.7 Å². The van der Waals surface area contributed by atoms with E-state index in [2.05, 4.69) is 5.32 Å². The van der Waals surface area contributed by atoms with Crippen molar-refractivity contribution >= 4 is 5.91 Å². The summed E-state index contributed by atoms with van der Waals surface area (Å²) in [5.41, 5.74) is 2.02. The van der Waals surface area contributed by atoms with Crippen LogP contribution in [-0.4, -0.2) is 37.8 Å². The van der Waals surface area contributed by atoms with Gasteiger partial charge in [0.15, 0.2) is 11.5 Å². The number of hydrogen-bond acceptors (Lipinski definition) is 5. The first-order valence-corrected chi connectivity index (χ1v) is 8.57. The molecule has 1 atom stereocenters. The molecule has 1 heterocycles. The number of nitrogens with one attached hydrogen (secondary N) is 1. The lowest BCUT2D eigenvalue weighted by Crippen LogP contribution is -2.42. The number of nitrogens with zero attached hydrogens (tertiary/aromatic N) is 1. The van der Waals surface area contributed by atoms with E-state index < -0.39 is 0 Å². The fourth-order valence-electron chi connectivity index (χ4n) is 2.84. The molecule has 138 valence electrons. The van der Waals surface area contributed by atoms with Gasteiger partial charge in [0.1, 0.15) is 5.75 Å². The van der Waals surface area contributed by atoms with Crippen molar-refractivity contribution in [2.75, 3.05) is 21.0 Å². The van der Waals surface area contributed by atoms with Gasteiger partial charge in [0.2, 0.25) is 12.7 Å². The highest BCUT2D eigenvalue weighted by Crippen LogP contribution is 2.32. The average molecular weight is 356 g/mol. The quantitative estimate of drug-likeness (QED) is 0.826. The number of hydrogen-bond donors (Lipinski definition) is 1.